The maximum absolute atomic E-state index is 12.4. The van der Waals surface area contributed by atoms with Crippen LogP contribution in [0, 0.1) is 5.92 Å². The van der Waals surface area contributed by atoms with Gasteiger partial charge in [0.25, 0.3) is 0 Å². The van der Waals surface area contributed by atoms with Crippen LogP contribution in [0.15, 0.2) is 30.3 Å². The number of likely N-dealkylation sites (tertiary alicyclic amines) is 1. The molecule has 1 aromatic carbocycles. The second-order valence-electron chi connectivity index (χ2n) is 7.24. The van der Waals surface area contributed by atoms with E-state index >= 15 is 0 Å². The van der Waals surface area contributed by atoms with Crippen LogP contribution in [0.4, 0.5) is 0 Å². The lowest BCUT2D eigenvalue weighted by atomic mass is 10.1. The molecule has 3 atom stereocenters. The van der Waals surface area contributed by atoms with Gasteiger partial charge in [0.05, 0.1) is 23.8 Å². The van der Waals surface area contributed by atoms with Crippen molar-refractivity contribution >= 4 is 21.8 Å². The van der Waals surface area contributed by atoms with Gasteiger partial charge in [-0.05, 0) is 31.7 Å². The Morgan fingerprint density at radius 1 is 1.33 bits per heavy atom. The van der Waals surface area contributed by atoms with E-state index in [0.717, 1.165) is 18.4 Å². The van der Waals surface area contributed by atoms with Crippen LogP contribution in [0.1, 0.15) is 44.2 Å². The summed E-state index contributed by atoms with van der Waals surface area (Å²) in [5, 5.41) is 0. The molecular weight excluding hydrogens is 368 g/mol. The molecule has 8 heteroatoms. The van der Waals surface area contributed by atoms with Crippen molar-refractivity contribution in [3.63, 3.8) is 0 Å². The van der Waals surface area contributed by atoms with Gasteiger partial charge in [0.2, 0.25) is 21.8 Å². The quantitative estimate of drug-likeness (QED) is 0.758. The third kappa shape index (κ3) is 5.07. The lowest BCUT2D eigenvalue weighted by Crippen LogP contribution is -2.39. The summed E-state index contributed by atoms with van der Waals surface area (Å²) in [6.07, 6.45) is 2.16. The maximum Gasteiger partial charge on any atom is 0.238 e. The number of hydrogen-bond donors (Lipinski definition) is 1. The van der Waals surface area contributed by atoms with E-state index in [1.165, 1.54) is 0 Å². The summed E-state index contributed by atoms with van der Waals surface area (Å²) in [7, 11) is -3.72. The molecule has 2 heterocycles. The molecule has 0 radical (unpaired) electrons. The van der Waals surface area contributed by atoms with E-state index in [9.17, 15) is 18.0 Å². The van der Waals surface area contributed by atoms with Crippen LogP contribution in [0.5, 0.6) is 0 Å². The third-order valence-corrected chi connectivity index (χ3v) is 6.55. The molecular formula is C19H26N2O5S. The summed E-state index contributed by atoms with van der Waals surface area (Å²) in [5.41, 5.74) is 0.982. The van der Waals surface area contributed by atoms with E-state index in [1.807, 2.05) is 37.3 Å². The van der Waals surface area contributed by atoms with Crippen LogP contribution in [-0.4, -0.2) is 50.1 Å². The minimum absolute atomic E-state index is 0.0320. The Hall–Kier alpha value is -1.93. The Bertz CT molecular complexity index is 775. The number of ether oxygens (including phenoxy) is 1. The molecule has 2 aliphatic heterocycles. The monoisotopic (exact) mass is 394 g/mol. The molecule has 3 unspecified atom stereocenters. The highest BCUT2D eigenvalue weighted by Gasteiger charge is 2.38. The van der Waals surface area contributed by atoms with Gasteiger partial charge < -0.3 is 9.64 Å². The third-order valence-electron chi connectivity index (χ3n) is 5.27. The summed E-state index contributed by atoms with van der Waals surface area (Å²) in [4.78, 5) is 26.4. The minimum Gasteiger partial charge on any atom is -0.378 e. The average Bonchev–Trinajstić information content (AvgIpc) is 3.29. The number of sulfonamides is 1. The average molecular weight is 394 g/mol. The number of hydrogen-bond acceptors (Lipinski definition) is 5. The number of nitrogens with zero attached hydrogens (tertiary/aromatic N) is 1. The number of carbonyl (C=O) groups excluding carboxylic acids is 2. The smallest absolute Gasteiger partial charge is 0.238 e. The van der Waals surface area contributed by atoms with Gasteiger partial charge in [-0.15, -0.1) is 0 Å². The Labute approximate surface area is 160 Å². The van der Waals surface area contributed by atoms with Gasteiger partial charge >= 0.3 is 0 Å². The Morgan fingerprint density at radius 2 is 2.07 bits per heavy atom. The molecule has 0 spiro atoms. The van der Waals surface area contributed by atoms with Crippen molar-refractivity contribution in [2.75, 3.05) is 18.9 Å². The number of rotatable bonds is 7. The highest BCUT2D eigenvalue weighted by atomic mass is 32.2. The number of amides is 2. The second kappa shape index (κ2) is 8.39. The zero-order valence-corrected chi connectivity index (χ0v) is 16.3. The SMILES string of the molecule is CC(c1ccccc1)N1CC(C(=O)NS(=O)(=O)CCC2CCCO2)CC1=O. The summed E-state index contributed by atoms with van der Waals surface area (Å²) in [6.45, 7) is 2.80. The predicted octanol–water partition coefficient (Wildman–Crippen LogP) is 1.61. The molecule has 3 rings (SSSR count). The van der Waals surface area contributed by atoms with Crippen molar-refractivity contribution in [1.82, 2.24) is 9.62 Å². The van der Waals surface area contributed by atoms with Crippen LogP contribution in [0.3, 0.4) is 0 Å². The molecule has 2 saturated heterocycles. The van der Waals surface area contributed by atoms with Gasteiger partial charge in [-0.1, -0.05) is 30.3 Å². The van der Waals surface area contributed by atoms with Crippen molar-refractivity contribution in [2.45, 2.75) is 44.8 Å². The number of nitrogens with one attached hydrogen (secondary N) is 1. The molecule has 1 N–H and O–H groups in total. The fourth-order valence-electron chi connectivity index (χ4n) is 3.64. The first-order chi connectivity index (χ1) is 12.9. The van der Waals surface area contributed by atoms with Crippen molar-refractivity contribution in [3.8, 4) is 0 Å². The fraction of sp³-hybridized carbons (Fsp3) is 0.579. The van der Waals surface area contributed by atoms with E-state index < -0.39 is 21.8 Å². The number of carbonyl (C=O) groups is 2. The molecule has 7 nitrogen and oxygen atoms in total. The van der Waals surface area contributed by atoms with Crippen molar-refractivity contribution in [1.29, 1.82) is 0 Å². The molecule has 0 saturated carbocycles. The Morgan fingerprint density at radius 3 is 2.74 bits per heavy atom. The highest BCUT2D eigenvalue weighted by molar-refractivity contribution is 7.90. The van der Waals surface area contributed by atoms with Gasteiger partial charge in [-0.25, -0.2) is 8.42 Å². The second-order valence-corrected chi connectivity index (χ2v) is 9.08. The summed E-state index contributed by atoms with van der Waals surface area (Å²) in [6, 6.07) is 9.41. The maximum atomic E-state index is 12.4. The van der Waals surface area contributed by atoms with E-state index in [4.69, 9.17) is 4.74 Å². The molecule has 2 aliphatic rings. The largest absolute Gasteiger partial charge is 0.378 e. The van der Waals surface area contributed by atoms with Gasteiger partial charge in [0.15, 0.2) is 0 Å². The zero-order chi connectivity index (χ0) is 19.4. The van der Waals surface area contributed by atoms with Gasteiger partial charge in [-0.2, -0.15) is 0 Å². The van der Waals surface area contributed by atoms with Crippen LogP contribution in [-0.2, 0) is 24.3 Å². The van der Waals surface area contributed by atoms with Gasteiger partial charge in [0.1, 0.15) is 0 Å². The van der Waals surface area contributed by atoms with Crippen LogP contribution in [0.25, 0.3) is 0 Å². The summed E-state index contributed by atoms with van der Waals surface area (Å²) in [5.74, 6) is -1.53. The zero-order valence-electron chi connectivity index (χ0n) is 15.5. The summed E-state index contributed by atoms with van der Waals surface area (Å²) < 4.78 is 31.9. The van der Waals surface area contributed by atoms with Crippen molar-refractivity contribution in [2.24, 2.45) is 5.92 Å². The number of benzene rings is 1. The first kappa shape index (κ1) is 19.8. The van der Waals surface area contributed by atoms with Gasteiger partial charge in [0, 0.05) is 19.6 Å². The van der Waals surface area contributed by atoms with Crippen molar-refractivity contribution in [3.05, 3.63) is 35.9 Å². The van der Waals surface area contributed by atoms with Crippen LogP contribution in [0.2, 0.25) is 0 Å². The first-order valence-electron chi connectivity index (χ1n) is 9.36. The standard InChI is InChI=1S/C19H26N2O5S/c1-14(15-6-3-2-4-7-15)21-13-16(12-18(21)22)19(23)20-27(24,25)11-9-17-8-5-10-26-17/h2-4,6-7,14,16-17H,5,8-13H2,1H3,(H,20,23). The predicted molar refractivity (Wildman–Crippen MR) is 100 cm³/mol. The van der Waals surface area contributed by atoms with Crippen LogP contribution < -0.4 is 4.72 Å². The summed E-state index contributed by atoms with van der Waals surface area (Å²) >= 11 is 0. The van der Waals surface area contributed by atoms with E-state index in [2.05, 4.69) is 4.72 Å². The topological polar surface area (TPSA) is 92.8 Å². The van der Waals surface area contributed by atoms with E-state index in [1.54, 1.807) is 4.90 Å². The highest BCUT2D eigenvalue weighted by Crippen LogP contribution is 2.28. The molecule has 0 aromatic heterocycles. The molecule has 27 heavy (non-hydrogen) atoms. The normalized spacial score (nSPS) is 24.2. The fourth-order valence-corrected chi connectivity index (χ4v) is 4.79. The Kier molecular flexibility index (Phi) is 6.16. The molecule has 1 aromatic rings. The lowest BCUT2D eigenvalue weighted by molar-refractivity contribution is -0.130. The van der Waals surface area contributed by atoms with E-state index in [0.29, 0.717) is 13.0 Å². The molecule has 148 valence electrons. The first-order valence-corrected chi connectivity index (χ1v) is 11.0. The lowest BCUT2D eigenvalue weighted by Gasteiger charge is -2.25. The van der Waals surface area contributed by atoms with Crippen molar-refractivity contribution < 1.29 is 22.7 Å². The van der Waals surface area contributed by atoms with Gasteiger partial charge in [-0.3, -0.25) is 14.3 Å². The Balaban J connectivity index is 1.55. The van der Waals surface area contributed by atoms with E-state index in [-0.39, 0.29) is 36.8 Å². The van der Waals surface area contributed by atoms with Crippen LogP contribution >= 0.6 is 0 Å². The molecule has 0 bridgehead atoms. The molecule has 0 aliphatic carbocycles. The molecule has 2 amide bonds. The minimum atomic E-state index is -3.72. The molecule has 2 fully saturated rings.